The van der Waals surface area contributed by atoms with Crippen LogP contribution in [-0.2, 0) is 5.41 Å². The third kappa shape index (κ3) is 3.46. The summed E-state index contributed by atoms with van der Waals surface area (Å²) < 4.78 is 0. The van der Waals surface area contributed by atoms with Gasteiger partial charge in [-0.1, -0.05) is 45.9 Å². The van der Waals surface area contributed by atoms with Crippen molar-refractivity contribution in [2.45, 2.75) is 45.6 Å². The summed E-state index contributed by atoms with van der Waals surface area (Å²) in [6.45, 7) is 10.4. The van der Waals surface area contributed by atoms with Gasteiger partial charge in [0.15, 0.2) is 0 Å². The molecule has 0 bridgehead atoms. The Kier molecular flexibility index (Phi) is 4.72. The van der Waals surface area contributed by atoms with Crippen LogP contribution in [-0.4, -0.2) is 37.0 Å². The van der Waals surface area contributed by atoms with Gasteiger partial charge in [0.1, 0.15) is 0 Å². The van der Waals surface area contributed by atoms with Gasteiger partial charge in [-0.15, -0.1) is 0 Å². The molecule has 1 aliphatic heterocycles. The molecule has 1 N–H and O–H groups in total. The molecule has 3 nitrogen and oxygen atoms in total. The van der Waals surface area contributed by atoms with Crippen molar-refractivity contribution in [3.63, 3.8) is 0 Å². The number of amides is 1. The Labute approximate surface area is 128 Å². The van der Waals surface area contributed by atoms with E-state index in [1.807, 2.05) is 30.1 Å². The fourth-order valence-corrected chi connectivity index (χ4v) is 3.25. The van der Waals surface area contributed by atoms with Crippen LogP contribution in [0.15, 0.2) is 24.3 Å². The minimum absolute atomic E-state index is 0.0127. The number of piperidine rings is 1. The van der Waals surface area contributed by atoms with Gasteiger partial charge in [-0.25, -0.2) is 0 Å². The molecule has 0 saturated carbocycles. The first-order chi connectivity index (χ1) is 9.84. The molecule has 1 aromatic rings. The first-order valence-corrected chi connectivity index (χ1v) is 7.90. The molecule has 116 valence electrons. The number of carbonyl (C=O) groups excluding carboxylic acids is 1. The van der Waals surface area contributed by atoms with Gasteiger partial charge in [-0.05, 0) is 36.4 Å². The van der Waals surface area contributed by atoms with Crippen LogP contribution in [0.2, 0.25) is 0 Å². The van der Waals surface area contributed by atoms with E-state index in [2.05, 4.69) is 39.1 Å². The average Bonchev–Trinajstić information content (AvgIpc) is 2.45. The van der Waals surface area contributed by atoms with E-state index in [-0.39, 0.29) is 11.3 Å². The van der Waals surface area contributed by atoms with Gasteiger partial charge in [-0.2, -0.15) is 0 Å². The molecule has 1 heterocycles. The standard InChI is InChI=1S/C18H28N2O/c1-13-12-20(11-10-16(13)19-5)17(21)14-8-6-7-9-15(14)18(2,3)4/h6-9,13,16,19H,10-12H2,1-5H3. The molecule has 3 heteroatoms. The van der Waals surface area contributed by atoms with Crippen molar-refractivity contribution in [2.75, 3.05) is 20.1 Å². The summed E-state index contributed by atoms with van der Waals surface area (Å²) in [4.78, 5) is 14.9. The van der Waals surface area contributed by atoms with Gasteiger partial charge < -0.3 is 10.2 Å². The zero-order valence-electron chi connectivity index (χ0n) is 13.9. The number of carbonyl (C=O) groups is 1. The minimum Gasteiger partial charge on any atom is -0.338 e. The molecular formula is C18H28N2O. The van der Waals surface area contributed by atoms with Gasteiger partial charge >= 0.3 is 0 Å². The van der Waals surface area contributed by atoms with Crippen LogP contribution >= 0.6 is 0 Å². The third-order valence-electron chi connectivity index (χ3n) is 4.53. The molecule has 1 fully saturated rings. The number of likely N-dealkylation sites (tertiary alicyclic amines) is 1. The summed E-state index contributed by atoms with van der Waals surface area (Å²) in [5.41, 5.74) is 1.99. The molecule has 0 aliphatic carbocycles. The topological polar surface area (TPSA) is 32.3 Å². The van der Waals surface area contributed by atoms with Crippen molar-refractivity contribution in [1.82, 2.24) is 10.2 Å². The molecule has 2 rings (SSSR count). The first-order valence-electron chi connectivity index (χ1n) is 7.90. The Hall–Kier alpha value is -1.35. The highest BCUT2D eigenvalue weighted by molar-refractivity contribution is 5.96. The lowest BCUT2D eigenvalue weighted by Crippen LogP contribution is -2.49. The highest BCUT2D eigenvalue weighted by atomic mass is 16.2. The molecule has 2 unspecified atom stereocenters. The zero-order valence-corrected chi connectivity index (χ0v) is 13.9. The summed E-state index contributed by atoms with van der Waals surface area (Å²) in [7, 11) is 2.01. The fraction of sp³-hybridized carbons (Fsp3) is 0.611. The highest BCUT2D eigenvalue weighted by Gasteiger charge is 2.30. The molecule has 0 spiro atoms. The van der Waals surface area contributed by atoms with Gasteiger partial charge in [0.25, 0.3) is 5.91 Å². The number of benzene rings is 1. The lowest BCUT2D eigenvalue weighted by Gasteiger charge is -2.37. The lowest BCUT2D eigenvalue weighted by atomic mass is 9.83. The molecule has 1 aliphatic rings. The maximum Gasteiger partial charge on any atom is 0.254 e. The van der Waals surface area contributed by atoms with Crippen LogP contribution in [0.4, 0.5) is 0 Å². The number of nitrogens with zero attached hydrogens (tertiary/aromatic N) is 1. The van der Waals surface area contributed by atoms with Crippen molar-refractivity contribution < 1.29 is 4.79 Å². The Morgan fingerprint density at radius 2 is 1.95 bits per heavy atom. The molecule has 0 radical (unpaired) electrons. The maximum atomic E-state index is 12.9. The predicted molar refractivity (Wildman–Crippen MR) is 87.7 cm³/mol. The van der Waals surface area contributed by atoms with Gasteiger partial charge in [-0.3, -0.25) is 4.79 Å². The van der Waals surface area contributed by atoms with E-state index >= 15 is 0 Å². The molecule has 1 saturated heterocycles. The minimum atomic E-state index is -0.0127. The van der Waals surface area contributed by atoms with Crippen LogP contribution in [0.5, 0.6) is 0 Å². The maximum absolute atomic E-state index is 12.9. The van der Waals surface area contributed by atoms with Crippen molar-refractivity contribution in [3.8, 4) is 0 Å². The van der Waals surface area contributed by atoms with Crippen LogP contribution in [0.3, 0.4) is 0 Å². The Morgan fingerprint density at radius 1 is 1.29 bits per heavy atom. The van der Waals surface area contributed by atoms with Gasteiger partial charge in [0.05, 0.1) is 0 Å². The van der Waals surface area contributed by atoms with Crippen LogP contribution in [0.25, 0.3) is 0 Å². The van der Waals surface area contributed by atoms with Crippen LogP contribution < -0.4 is 5.32 Å². The number of rotatable bonds is 2. The Balaban J connectivity index is 2.22. The van der Waals surface area contributed by atoms with Crippen molar-refractivity contribution >= 4 is 5.91 Å². The number of nitrogens with one attached hydrogen (secondary N) is 1. The molecular weight excluding hydrogens is 260 g/mol. The molecule has 2 atom stereocenters. The second kappa shape index (κ2) is 6.18. The lowest BCUT2D eigenvalue weighted by molar-refractivity contribution is 0.0647. The Bertz CT molecular complexity index is 504. The SMILES string of the molecule is CNC1CCN(C(=O)c2ccccc2C(C)(C)C)CC1C. The van der Waals surface area contributed by atoms with Crippen molar-refractivity contribution in [2.24, 2.45) is 5.92 Å². The molecule has 0 aromatic heterocycles. The molecule has 1 amide bonds. The Morgan fingerprint density at radius 3 is 2.52 bits per heavy atom. The van der Waals surface area contributed by atoms with E-state index in [9.17, 15) is 4.79 Å². The predicted octanol–water partition coefficient (Wildman–Crippen LogP) is 3.05. The second-order valence-corrected chi connectivity index (χ2v) is 7.21. The monoisotopic (exact) mass is 288 g/mol. The van der Waals surface area contributed by atoms with E-state index in [1.54, 1.807) is 0 Å². The normalized spacial score (nSPS) is 23.2. The summed E-state index contributed by atoms with van der Waals surface area (Å²) >= 11 is 0. The molecule has 21 heavy (non-hydrogen) atoms. The first kappa shape index (κ1) is 16.0. The van der Waals surface area contributed by atoms with Gasteiger partial charge in [0.2, 0.25) is 0 Å². The zero-order chi connectivity index (χ0) is 15.6. The van der Waals surface area contributed by atoms with E-state index in [4.69, 9.17) is 0 Å². The second-order valence-electron chi connectivity index (χ2n) is 7.21. The number of hydrogen-bond donors (Lipinski definition) is 1. The van der Waals surface area contributed by atoms with Crippen LogP contribution in [0.1, 0.15) is 50.0 Å². The average molecular weight is 288 g/mol. The van der Waals surface area contributed by atoms with Crippen molar-refractivity contribution in [1.29, 1.82) is 0 Å². The van der Waals surface area contributed by atoms with Crippen LogP contribution in [0, 0.1) is 5.92 Å². The fourth-order valence-electron chi connectivity index (χ4n) is 3.25. The summed E-state index contributed by atoms with van der Waals surface area (Å²) in [6, 6.07) is 8.56. The van der Waals surface area contributed by atoms with E-state index in [0.717, 1.165) is 30.6 Å². The van der Waals surface area contributed by atoms with Gasteiger partial charge in [0, 0.05) is 24.7 Å². The summed E-state index contributed by atoms with van der Waals surface area (Å²) in [5.74, 6) is 0.677. The highest BCUT2D eigenvalue weighted by Crippen LogP contribution is 2.28. The number of hydrogen-bond acceptors (Lipinski definition) is 2. The third-order valence-corrected chi connectivity index (χ3v) is 4.53. The van der Waals surface area contributed by atoms with E-state index in [0.29, 0.717) is 12.0 Å². The summed E-state index contributed by atoms with van der Waals surface area (Å²) in [6.07, 6.45) is 1.03. The largest absolute Gasteiger partial charge is 0.338 e. The summed E-state index contributed by atoms with van der Waals surface area (Å²) in [5, 5.41) is 3.35. The van der Waals surface area contributed by atoms with E-state index < -0.39 is 0 Å². The molecule has 1 aromatic carbocycles. The smallest absolute Gasteiger partial charge is 0.254 e. The quantitative estimate of drug-likeness (QED) is 0.907. The van der Waals surface area contributed by atoms with E-state index in [1.165, 1.54) is 0 Å². The van der Waals surface area contributed by atoms with Crippen molar-refractivity contribution in [3.05, 3.63) is 35.4 Å².